The van der Waals surface area contributed by atoms with E-state index >= 15 is 0 Å². The van der Waals surface area contributed by atoms with Gasteiger partial charge in [-0.2, -0.15) is 0 Å². The Morgan fingerprint density at radius 2 is 2.25 bits per heavy atom. The van der Waals surface area contributed by atoms with Gasteiger partial charge in [0.15, 0.2) is 0 Å². The van der Waals surface area contributed by atoms with Crippen LogP contribution in [0.4, 0.5) is 5.82 Å². The van der Waals surface area contributed by atoms with E-state index in [2.05, 4.69) is 15.3 Å². The number of hydrogen-bond donors (Lipinski definition) is 1. The van der Waals surface area contributed by atoms with Crippen LogP contribution in [0, 0.1) is 0 Å². The summed E-state index contributed by atoms with van der Waals surface area (Å²) in [4.78, 5) is 8.39. The summed E-state index contributed by atoms with van der Waals surface area (Å²) in [5, 5.41) is 3.86. The van der Waals surface area contributed by atoms with Crippen molar-refractivity contribution in [3.05, 3.63) is 41.6 Å². The summed E-state index contributed by atoms with van der Waals surface area (Å²) >= 11 is 5.74. The smallest absolute Gasteiger partial charge is 0.125 e. The van der Waals surface area contributed by atoms with E-state index in [-0.39, 0.29) is 0 Å². The van der Waals surface area contributed by atoms with Gasteiger partial charge in [0, 0.05) is 38.6 Å². The van der Waals surface area contributed by atoms with Crippen LogP contribution in [0.25, 0.3) is 0 Å². The molecule has 0 bridgehead atoms. The van der Waals surface area contributed by atoms with E-state index in [0.717, 1.165) is 24.6 Å². The van der Waals surface area contributed by atoms with E-state index in [1.54, 1.807) is 12.4 Å². The molecular weight excluding hydrogens is 224 g/mol. The molecule has 0 saturated heterocycles. The monoisotopic (exact) mass is 236 g/mol. The van der Waals surface area contributed by atoms with E-state index in [0.29, 0.717) is 5.02 Å². The van der Waals surface area contributed by atoms with Crippen molar-refractivity contribution in [2.24, 2.45) is 7.05 Å². The molecule has 0 aliphatic heterocycles. The minimum atomic E-state index is 0.648. The van der Waals surface area contributed by atoms with Crippen molar-refractivity contribution in [1.29, 1.82) is 0 Å². The van der Waals surface area contributed by atoms with Crippen molar-refractivity contribution >= 4 is 17.4 Å². The second kappa shape index (κ2) is 4.99. The van der Waals surface area contributed by atoms with Crippen LogP contribution in [-0.2, 0) is 13.5 Å². The van der Waals surface area contributed by atoms with E-state index in [1.165, 1.54) is 0 Å². The maximum Gasteiger partial charge on any atom is 0.125 e. The molecule has 0 aromatic carbocycles. The molecule has 0 fully saturated rings. The molecular formula is C11H13ClN4. The molecule has 4 nitrogen and oxygen atoms in total. The lowest BCUT2D eigenvalue weighted by molar-refractivity contribution is 0.788. The summed E-state index contributed by atoms with van der Waals surface area (Å²) in [5.74, 6) is 1.89. The Morgan fingerprint density at radius 1 is 1.38 bits per heavy atom. The van der Waals surface area contributed by atoms with Crippen LogP contribution in [0.5, 0.6) is 0 Å². The van der Waals surface area contributed by atoms with Crippen molar-refractivity contribution in [1.82, 2.24) is 14.5 Å². The molecule has 0 unspecified atom stereocenters. The first-order valence-electron chi connectivity index (χ1n) is 5.07. The molecule has 84 valence electrons. The van der Waals surface area contributed by atoms with E-state index in [4.69, 9.17) is 11.6 Å². The highest BCUT2D eigenvalue weighted by atomic mass is 35.5. The zero-order chi connectivity index (χ0) is 11.4. The minimum absolute atomic E-state index is 0.648. The zero-order valence-electron chi connectivity index (χ0n) is 9.02. The molecule has 0 aliphatic carbocycles. The largest absolute Gasteiger partial charge is 0.370 e. The highest BCUT2D eigenvalue weighted by Crippen LogP contribution is 2.09. The lowest BCUT2D eigenvalue weighted by atomic mass is 10.4. The molecule has 2 aromatic heterocycles. The fourth-order valence-corrected chi connectivity index (χ4v) is 1.53. The van der Waals surface area contributed by atoms with Gasteiger partial charge in [-0.1, -0.05) is 11.6 Å². The number of nitrogens with one attached hydrogen (secondary N) is 1. The molecule has 0 aliphatic rings. The summed E-state index contributed by atoms with van der Waals surface area (Å²) in [5.41, 5.74) is 0. The second-order valence-corrected chi connectivity index (χ2v) is 3.93. The Kier molecular flexibility index (Phi) is 3.41. The van der Waals surface area contributed by atoms with Crippen LogP contribution < -0.4 is 5.32 Å². The molecule has 16 heavy (non-hydrogen) atoms. The van der Waals surface area contributed by atoms with E-state index in [9.17, 15) is 0 Å². The third-order valence-electron chi connectivity index (χ3n) is 2.30. The summed E-state index contributed by atoms with van der Waals surface area (Å²) in [6, 6.07) is 3.68. The van der Waals surface area contributed by atoms with Gasteiger partial charge in [-0.15, -0.1) is 0 Å². The molecule has 0 atom stereocenters. The maximum atomic E-state index is 5.74. The van der Waals surface area contributed by atoms with Gasteiger partial charge in [0.1, 0.15) is 11.6 Å². The van der Waals surface area contributed by atoms with Gasteiger partial charge in [0.05, 0.1) is 5.02 Å². The zero-order valence-corrected chi connectivity index (χ0v) is 9.78. The summed E-state index contributed by atoms with van der Waals surface area (Å²) in [6.45, 7) is 0.805. The minimum Gasteiger partial charge on any atom is -0.370 e. The average molecular weight is 237 g/mol. The van der Waals surface area contributed by atoms with Crippen LogP contribution in [0.1, 0.15) is 5.82 Å². The average Bonchev–Trinajstić information content (AvgIpc) is 2.68. The lowest BCUT2D eigenvalue weighted by Crippen LogP contribution is -2.09. The quantitative estimate of drug-likeness (QED) is 0.884. The molecule has 0 spiro atoms. The van der Waals surface area contributed by atoms with Gasteiger partial charge in [-0.05, 0) is 12.1 Å². The first kappa shape index (κ1) is 11.0. The van der Waals surface area contributed by atoms with Gasteiger partial charge >= 0.3 is 0 Å². The third-order valence-corrected chi connectivity index (χ3v) is 2.53. The molecule has 0 saturated carbocycles. The van der Waals surface area contributed by atoms with Crippen LogP contribution in [0.15, 0.2) is 30.7 Å². The lowest BCUT2D eigenvalue weighted by Gasteiger charge is -2.05. The van der Waals surface area contributed by atoms with Crippen molar-refractivity contribution < 1.29 is 0 Å². The predicted octanol–water partition coefficient (Wildman–Crippen LogP) is 2.12. The fourth-order valence-electron chi connectivity index (χ4n) is 1.42. The Labute approximate surface area is 99.3 Å². The van der Waals surface area contributed by atoms with Gasteiger partial charge in [-0.25, -0.2) is 9.97 Å². The second-order valence-electron chi connectivity index (χ2n) is 3.49. The predicted molar refractivity (Wildman–Crippen MR) is 64.6 cm³/mol. The van der Waals surface area contributed by atoms with Gasteiger partial charge < -0.3 is 9.88 Å². The van der Waals surface area contributed by atoms with Gasteiger partial charge in [0.2, 0.25) is 0 Å². The van der Waals surface area contributed by atoms with Crippen molar-refractivity contribution in [3.63, 3.8) is 0 Å². The topological polar surface area (TPSA) is 42.7 Å². The normalized spacial score (nSPS) is 10.4. The first-order valence-corrected chi connectivity index (χ1v) is 5.45. The van der Waals surface area contributed by atoms with Gasteiger partial charge in [-0.3, -0.25) is 0 Å². The molecule has 2 rings (SSSR count). The Bertz CT molecular complexity index is 449. The number of aryl methyl sites for hydroxylation is 1. The molecule has 0 radical (unpaired) electrons. The summed E-state index contributed by atoms with van der Waals surface area (Å²) < 4.78 is 2.01. The van der Waals surface area contributed by atoms with Gasteiger partial charge in [0.25, 0.3) is 0 Å². The van der Waals surface area contributed by atoms with Crippen molar-refractivity contribution in [2.75, 3.05) is 11.9 Å². The van der Waals surface area contributed by atoms with Crippen LogP contribution in [-0.4, -0.2) is 21.1 Å². The highest BCUT2D eigenvalue weighted by molar-refractivity contribution is 6.30. The summed E-state index contributed by atoms with van der Waals surface area (Å²) in [6.07, 6.45) is 6.24. The molecule has 2 heterocycles. The number of anilines is 1. The van der Waals surface area contributed by atoms with Crippen molar-refractivity contribution in [2.45, 2.75) is 6.42 Å². The Balaban J connectivity index is 1.84. The van der Waals surface area contributed by atoms with Crippen LogP contribution in [0.2, 0.25) is 5.02 Å². The highest BCUT2D eigenvalue weighted by Gasteiger charge is 1.99. The third kappa shape index (κ3) is 2.73. The first-order chi connectivity index (χ1) is 7.75. The number of hydrogen-bond acceptors (Lipinski definition) is 3. The van der Waals surface area contributed by atoms with Crippen molar-refractivity contribution in [3.8, 4) is 0 Å². The molecule has 0 amide bonds. The number of nitrogens with zero attached hydrogens (tertiary/aromatic N) is 3. The van der Waals surface area contributed by atoms with E-state index < -0.39 is 0 Å². The van der Waals surface area contributed by atoms with E-state index in [1.807, 2.05) is 29.9 Å². The molecule has 5 heteroatoms. The Morgan fingerprint density at radius 3 is 2.88 bits per heavy atom. The van der Waals surface area contributed by atoms with Crippen LogP contribution in [0.3, 0.4) is 0 Å². The number of imidazole rings is 1. The standard InChI is InChI=1S/C11H13ClN4/c1-16-7-6-14-11(16)4-5-13-10-3-2-9(12)8-15-10/h2-3,6-8H,4-5H2,1H3,(H,13,15). The number of pyridine rings is 1. The summed E-state index contributed by atoms with van der Waals surface area (Å²) in [7, 11) is 1.99. The SMILES string of the molecule is Cn1ccnc1CCNc1ccc(Cl)cn1. The number of aromatic nitrogens is 3. The number of halogens is 1. The van der Waals surface area contributed by atoms with Crippen LogP contribution >= 0.6 is 11.6 Å². The maximum absolute atomic E-state index is 5.74. The molecule has 1 N–H and O–H groups in total. The fraction of sp³-hybridized carbons (Fsp3) is 0.273. The Hall–Kier alpha value is -1.55. The number of rotatable bonds is 4. The molecule has 2 aromatic rings.